The minimum Gasteiger partial charge on any atom is -0.450 e. The molecule has 0 spiro atoms. The number of nitrogens with one attached hydrogen (secondary N) is 2. The summed E-state index contributed by atoms with van der Waals surface area (Å²) in [5.74, 6) is -0.240. The van der Waals surface area contributed by atoms with Gasteiger partial charge < -0.3 is 10.1 Å². The van der Waals surface area contributed by atoms with Crippen LogP contribution in [-0.2, 0) is 14.8 Å². The average Bonchev–Trinajstić information content (AvgIpc) is 2.85. The monoisotopic (exact) mass is 312 g/mol. The molecule has 2 N–H and O–H groups in total. The molecular formula is C12H16N4O4S. The minimum atomic E-state index is -3.55. The van der Waals surface area contributed by atoms with Crippen molar-refractivity contribution in [2.45, 2.75) is 6.92 Å². The van der Waals surface area contributed by atoms with Crippen molar-refractivity contribution in [3.05, 3.63) is 30.6 Å². The van der Waals surface area contributed by atoms with Crippen LogP contribution in [-0.4, -0.2) is 43.0 Å². The molecule has 2 aromatic heterocycles. The second-order valence-corrected chi connectivity index (χ2v) is 6.03. The number of fused-ring (bicyclic) bond motifs is 1. The summed E-state index contributed by atoms with van der Waals surface area (Å²) in [7, 11) is -3.55. The zero-order valence-electron chi connectivity index (χ0n) is 11.4. The van der Waals surface area contributed by atoms with Gasteiger partial charge in [-0.2, -0.15) is 5.10 Å². The van der Waals surface area contributed by atoms with Crippen LogP contribution in [0.1, 0.15) is 6.92 Å². The number of pyridine rings is 1. The Hall–Kier alpha value is -2.29. The fraction of sp³-hybridized carbons (Fsp3) is 0.333. The molecule has 2 aromatic rings. The summed E-state index contributed by atoms with van der Waals surface area (Å²) in [5.41, 5.74) is 1.22. The highest BCUT2D eigenvalue weighted by Gasteiger charge is 2.12. The van der Waals surface area contributed by atoms with Crippen LogP contribution >= 0.6 is 0 Å². The number of sulfonamides is 1. The quantitative estimate of drug-likeness (QED) is 0.822. The largest absolute Gasteiger partial charge is 0.450 e. The lowest BCUT2D eigenvalue weighted by Crippen LogP contribution is -2.31. The van der Waals surface area contributed by atoms with Gasteiger partial charge in [0.25, 0.3) is 0 Å². The third-order valence-electron chi connectivity index (χ3n) is 2.59. The van der Waals surface area contributed by atoms with Crippen molar-refractivity contribution in [1.29, 1.82) is 0 Å². The molecule has 1 amide bonds. The van der Waals surface area contributed by atoms with Crippen molar-refractivity contribution >= 4 is 27.3 Å². The number of ether oxygens (including phenoxy) is 1. The summed E-state index contributed by atoms with van der Waals surface area (Å²) in [5, 5.41) is 6.38. The molecule has 0 aromatic carbocycles. The molecule has 2 rings (SSSR count). The summed E-state index contributed by atoms with van der Waals surface area (Å²) in [4.78, 5) is 11.0. The Bertz CT molecular complexity index is 726. The molecule has 8 nitrogen and oxygen atoms in total. The molecule has 0 saturated carbocycles. The molecular weight excluding hydrogens is 296 g/mol. The molecule has 0 aliphatic rings. The van der Waals surface area contributed by atoms with E-state index < -0.39 is 16.1 Å². The van der Waals surface area contributed by atoms with E-state index in [-0.39, 0.29) is 18.9 Å². The van der Waals surface area contributed by atoms with Gasteiger partial charge in [-0.3, -0.25) is 4.72 Å². The highest BCUT2D eigenvalue weighted by Crippen LogP contribution is 2.12. The maximum absolute atomic E-state index is 11.9. The first-order valence-electron chi connectivity index (χ1n) is 6.35. The van der Waals surface area contributed by atoms with Gasteiger partial charge in [-0.25, -0.2) is 17.7 Å². The van der Waals surface area contributed by atoms with Crippen LogP contribution < -0.4 is 10.0 Å². The van der Waals surface area contributed by atoms with E-state index in [2.05, 4.69) is 19.9 Å². The first kappa shape index (κ1) is 15.1. The van der Waals surface area contributed by atoms with E-state index >= 15 is 0 Å². The summed E-state index contributed by atoms with van der Waals surface area (Å²) >= 11 is 0. The number of aromatic nitrogens is 2. The van der Waals surface area contributed by atoms with E-state index in [1.54, 1.807) is 42.0 Å². The van der Waals surface area contributed by atoms with Gasteiger partial charge >= 0.3 is 6.09 Å². The van der Waals surface area contributed by atoms with Gasteiger partial charge in [0.2, 0.25) is 10.0 Å². The number of alkyl carbamates (subject to hydrolysis) is 1. The normalized spacial score (nSPS) is 11.3. The molecule has 0 radical (unpaired) electrons. The van der Waals surface area contributed by atoms with Gasteiger partial charge in [-0.05, 0) is 25.1 Å². The number of carbonyl (C=O) groups is 1. The molecule has 21 heavy (non-hydrogen) atoms. The Morgan fingerprint density at radius 3 is 3.00 bits per heavy atom. The van der Waals surface area contributed by atoms with Crippen molar-refractivity contribution in [3.63, 3.8) is 0 Å². The number of hydrogen-bond acceptors (Lipinski definition) is 5. The lowest BCUT2D eigenvalue weighted by Gasteiger charge is -2.09. The zero-order chi connectivity index (χ0) is 15.3. The summed E-state index contributed by atoms with van der Waals surface area (Å²) in [6, 6.07) is 5.04. The first-order valence-corrected chi connectivity index (χ1v) is 8.00. The van der Waals surface area contributed by atoms with Crippen LogP contribution in [0.3, 0.4) is 0 Å². The second-order valence-electron chi connectivity index (χ2n) is 4.18. The second kappa shape index (κ2) is 6.44. The molecule has 0 bridgehead atoms. The molecule has 114 valence electrons. The lowest BCUT2D eigenvalue weighted by molar-refractivity contribution is 0.153. The SMILES string of the molecule is CCOC(=O)NCCS(=O)(=O)Nc1ccn2nccc2c1. The van der Waals surface area contributed by atoms with Crippen molar-refractivity contribution < 1.29 is 17.9 Å². The minimum absolute atomic E-state index is 0.0247. The van der Waals surface area contributed by atoms with Crippen LogP contribution in [0, 0.1) is 0 Å². The number of rotatable bonds is 6. The van der Waals surface area contributed by atoms with Gasteiger partial charge in [0.15, 0.2) is 0 Å². The standard InChI is InChI=1S/C12H16N4O4S/c1-2-20-12(17)13-6-8-21(18,19)15-10-4-7-16-11(9-10)3-5-14-16/h3-5,7,9,15H,2,6,8H2,1H3,(H,13,17). The Balaban J connectivity index is 1.92. The molecule has 2 heterocycles. The Morgan fingerprint density at radius 1 is 1.43 bits per heavy atom. The van der Waals surface area contributed by atoms with Crippen LogP contribution in [0.25, 0.3) is 5.52 Å². The van der Waals surface area contributed by atoms with Crippen LogP contribution in [0.15, 0.2) is 30.6 Å². The third kappa shape index (κ3) is 4.35. The summed E-state index contributed by atoms with van der Waals surface area (Å²) in [6.45, 7) is 1.88. The molecule has 0 atom stereocenters. The highest BCUT2D eigenvalue weighted by atomic mass is 32.2. The first-order chi connectivity index (χ1) is 10.00. The van der Waals surface area contributed by atoms with E-state index in [0.717, 1.165) is 5.52 Å². The summed E-state index contributed by atoms with van der Waals surface area (Å²) < 4.78 is 32.5. The predicted octanol–water partition coefficient (Wildman–Crippen LogP) is 0.822. The van der Waals surface area contributed by atoms with E-state index in [4.69, 9.17) is 0 Å². The molecule has 9 heteroatoms. The van der Waals surface area contributed by atoms with Gasteiger partial charge in [0.1, 0.15) is 0 Å². The Morgan fingerprint density at radius 2 is 2.24 bits per heavy atom. The molecule has 0 aliphatic carbocycles. The fourth-order valence-electron chi connectivity index (χ4n) is 1.69. The van der Waals surface area contributed by atoms with E-state index in [1.807, 2.05) is 0 Å². The van der Waals surface area contributed by atoms with E-state index in [9.17, 15) is 13.2 Å². The number of nitrogens with zero attached hydrogens (tertiary/aromatic N) is 2. The Labute approximate surface area is 122 Å². The molecule has 0 saturated heterocycles. The molecule has 0 unspecified atom stereocenters. The number of amides is 1. The number of carbonyl (C=O) groups excluding carboxylic acids is 1. The number of hydrogen-bond donors (Lipinski definition) is 2. The van der Waals surface area contributed by atoms with Crippen molar-refractivity contribution in [3.8, 4) is 0 Å². The summed E-state index contributed by atoms with van der Waals surface area (Å²) in [6.07, 6.45) is 2.65. The van der Waals surface area contributed by atoms with Gasteiger partial charge in [-0.15, -0.1) is 0 Å². The van der Waals surface area contributed by atoms with Crippen LogP contribution in [0.5, 0.6) is 0 Å². The smallest absolute Gasteiger partial charge is 0.407 e. The van der Waals surface area contributed by atoms with Crippen molar-refractivity contribution in [2.75, 3.05) is 23.6 Å². The molecule has 0 fully saturated rings. The van der Waals surface area contributed by atoms with Gasteiger partial charge in [0, 0.05) is 18.9 Å². The van der Waals surface area contributed by atoms with Crippen molar-refractivity contribution in [1.82, 2.24) is 14.9 Å². The average molecular weight is 312 g/mol. The maximum Gasteiger partial charge on any atom is 0.407 e. The highest BCUT2D eigenvalue weighted by molar-refractivity contribution is 7.92. The topological polar surface area (TPSA) is 102 Å². The fourth-order valence-corrected chi connectivity index (χ4v) is 2.64. The zero-order valence-corrected chi connectivity index (χ0v) is 12.3. The Kier molecular flexibility index (Phi) is 4.63. The predicted molar refractivity (Wildman–Crippen MR) is 77.6 cm³/mol. The third-order valence-corrected chi connectivity index (χ3v) is 3.88. The van der Waals surface area contributed by atoms with Gasteiger partial charge in [0.05, 0.1) is 23.6 Å². The van der Waals surface area contributed by atoms with E-state index in [1.165, 1.54) is 0 Å². The van der Waals surface area contributed by atoms with Crippen LogP contribution in [0.2, 0.25) is 0 Å². The lowest BCUT2D eigenvalue weighted by atomic mass is 10.4. The van der Waals surface area contributed by atoms with Crippen molar-refractivity contribution in [2.24, 2.45) is 0 Å². The van der Waals surface area contributed by atoms with Crippen LogP contribution in [0.4, 0.5) is 10.5 Å². The molecule has 0 aliphatic heterocycles. The van der Waals surface area contributed by atoms with E-state index in [0.29, 0.717) is 5.69 Å². The van der Waals surface area contributed by atoms with Gasteiger partial charge in [-0.1, -0.05) is 0 Å². The maximum atomic E-state index is 11.9. The number of anilines is 1.